The molecule has 0 aliphatic heterocycles. The van der Waals surface area contributed by atoms with Gasteiger partial charge >= 0.3 is 0 Å². The topological polar surface area (TPSA) is 49.3 Å². The van der Waals surface area contributed by atoms with Crippen LogP contribution in [0.15, 0.2) is 6.07 Å². The summed E-state index contributed by atoms with van der Waals surface area (Å²) in [5.41, 5.74) is 1.37. The summed E-state index contributed by atoms with van der Waals surface area (Å²) in [5.74, 6) is 0.0838. The lowest BCUT2D eigenvalue weighted by Crippen LogP contribution is -2.45. The Labute approximate surface area is 125 Å². The first-order chi connectivity index (χ1) is 9.56. The maximum Gasteiger partial charge on any atom is 0.220 e. The molecule has 1 fully saturated rings. The maximum absolute atomic E-state index is 11.9. The summed E-state index contributed by atoms with van der Waals surface area (Å²) in [4.78, 5) is 14.6. The quantitative estimate of drug-likeness (QED) is 0.877. The van der Waals surface area contributed by atoms with Crippen LogP contribution in [0.25, 0.3) is 0 Å². The highest BCUT2D eigenvalue weighted by Gasteiger charge is 2.24. The van der Waals surface area contributed by atoms with Gasteiger partial charge in [-0.1, -0.05) is 12.8 Å². The van der Waals surface area contributed by atoms with Crippen molar-refractivity contribution < 1.29 is 9.90 Å². The van der Waals surface area contributed by atoms with Gasteiger partial charge in [-0.2, -0.15) is 0 Å². The average molecular weight is 295 g/mol. The number of aliphatic hydroxyl groups is 1. The van der Waals surface area contributed by atoms with E-state index >= 15 is 0 Å². The molecule has 1 aromatic heterocycles. The van der Waals surface area contributed by atoms with Crippen LogP contribution >= 0.6 is 11.3 Å². The van der Waals surface area contributed by atoms with Crippen LogP contribution in [0.2, 0.25) is 0 Å². The average Bonchev–Trinajstić information content (AvgIpc) is 2.71. The number of hydrogen-bond acceptors (Lipinski definition) is 3. The molecule has 1 heterocycles. The molecule has 0 saturated heterocycles. The van der Waals surface area contributed by atoms with Crippen LogP contribution in [-0.4, -0.2) is 23.2 Å². The highest BCUT2D eigenvalue weighted by molar-refractivity contribution is 7.12. The largest absolute Gasteiger partial charge is 0.391 e. The third-order valence-electron chi connectivity index (χ3n) is 4.07. The lowest BCUT2D eigenvalue weighted by Gasteiger charge is -2.28. The number of carbonyl (C=O) groups excluding carboxylic acids is 1. The molecule has 0 radical (unpaired) electrons. The van der Waals surface area contributed by atoms with Crippen molar-refractivity contribution >= 4 is 17.2 Å². The number of hydrogen-bond donors (Lipinski definition) is 2. The SMILES string of the molecule is Cc1cc(CCCC(=O)NC2CCCCC2O)c(C)s1. The van der Waals surface area contributed by atoms with Gasteiger partial charge in [0.1, 0.15) is 0 Å². The number of amides is 1. The van der Waals surface area contributed by atoms with Crippen LogP contribution in [-0.2, 0) is 11.2 Å². The third kappa shape index (κ3) is 4.32. The van der Waals surface area contributed by atoms with E-state index in [1.54, 1.807) is 0 Å². The van der Waals surface area contributed by atoms with Gasteiger partial charge in [0, 0.05) is 16.2 Å². The van der Waals surface area contributed by atoms with E-state index in [-0.39, 0.29) is 18.1 Å². The van der Waals surface area contributed by atoms with E-state index in [9.17, 15) is 9.90 Å². The Morgan fingerprint density at radius 3 is 2.80 bits per heavy atom. The molecular formula is C16H25NO2S. The Kier molecular flexibility index (Phi) is 5.61. The number of nitrogens with one attached hydrogen (secondary N) is 1. The molecule has 3 nitrogen and oxygen atoms in total. The predicted molar refractivity (Wildman–Crippen MR) is 83.1 cm³/mol. The first-order valence-corrected chi connectivity index (χ1v) is 8.41. The van der Waals surface area contributed by atoms with Gasteiger partial charge in [0.15, 0.2) is 0 Å². The number of carbonyl (C=O) groups is 1. The lowest BCUT2D eigenvalue weighted by atomic mass is 9.92. The Bertz CT molecular complexity index is 455. The van der Waals surface area contributed by atoms with E-state index < -0.39 is 0 Å². The lowest BCUT2D eigenvalue weighted by molar-refractivity contribution is -0.123. The van der Waals surface area contributed by atoms with Crippen molar-refractivity contribution in [3.05, 3.63) is 21.4 Å². The molecule has 1 aliphatic rings. The van der Waals surface area contributed by atoms with Crippen molar-refractivity contribution in [2.75, 3.05) is 0 Å². The minimum Gasteiger partial charge on any atom is -0.391 e. The molecule has 1 aromatic rings. The van der Waals surface area contributed by atoms with Crippen molar-refractivity contribution in [1.82, 2.24) is 5.32 Å². The van der Waals surface area contributed by atoms with Gasteiger partial charge in [0.2, 0.25) is 5.91 Å². The molecule has 0 aromatic carbocycles. The molecule has 2 atom stereocenters. The van der Waals surface area contributed by atoms with Gasteiger partial charge in [-0.15, -0.1) is 11.3 Å². The van der Waals surface area contributed by atoms with E-state index in [0.29, 0.717) is 6.42 Å². The van der Waals surface area contributed by atoms with Crippen LogP contribution in [0.5, 0.6) is 0 Å². The normalized spacial score (nSPS) is 22.8. The minimum atomic E-state index is -0.352. The minimum absolute atomic E-state index is 0.0265. The zero-order valence-electron chi connectivity index (χ0n) is 12.4. The van der Waals surface area contributed by atoms with E-state index in [1.165, 1.54) is 15.3 Å². The second-order valence-corrected chi connectivity index (χ2v) is 7.28. The van der Waals surface area contributed by atoms with Gasteiger partial charge in [-0.05, 0) is 51.2 Å². The highest BCUT2D eigenvalue weighted by Crippen LogP contribution is 2.22. The number of rotatable bonds is 5. The molecule has 2 unspecified atom stereocenters. The molecule has 2 N–H and O–H groups in total. The first kappa shape index (κ1) is 15.5. The van der Waals surface area contributed by atoms with Gasteiger partial charge < -0.3 is 10.4 Å². The summed E-state index contributed by atoms with van der Waals surface area (Å²) < 4.78 is 0. The van der Waals surface area contributed by atoms with Crippen LogP contribution in [0, 0.1) is 13.8 Å². The molecule has 1 saturated carbocycles. The van der Waals surface area contributed by atoms with Crippen LogP contribution < -0.4 is 5.32 Å². The second-order valence-electron chi connectivity index (χ2n) is 5.82. The van der Waals surface area contributed by atoms with Gasteiger partial charge in [-0.25, -0.2) is 0 Å². The van der Waals surface area contributed by atoms with Gasteiger partial charge in [0.05, 0.1) is 12.1 Å². The van der Waals surface area contributed by atoms with Gasteiger partial charge in [0.25, 0.3) is 0 Å². The summed E-state index contributed by atoms with van der Waals surface area (Å²) >= 11 is 1.82. The Balaban J connectivity index is 1.71. The molecule has 20 heavy (non-hydrogen) atoms. The predicted octanol–water partition coefficient (Wildman–Crippen LogP) is 3.11. The fraction of sp³-hybridized carbons (Fsp3) is 0.688. The summed E-state index contributed by atoms with van der Waals surface area (Å²) in [6.45, 7) is 4.27. The standard InChI is InChI=1S/C16H25NO2S/c1-11-10-13(12(2)20-11)6-5-9-16(19)17-14-7-3-4-8-15(14)18/h10,14-15,18H,3-9H2,1-2H3,(H,17,19). The number of aryl methyl sites for hydroxylation is 3. The van der Waals surface area contributed by atoms with Crippen LogP contribution in [0.1, 0.15) is 53.8 Å². The van der Waals surface area contributed by atoms with E-state index in [2.05, 4.69) is 25.2 Å². The van der Waals surface area contributed by atoms with Crippen molar-refractivity contribution in [3.8, 4) is 0 Å². The first-order valence-electron chi connectivity index (χ1n) is 7.59. The maximum atomic E-state index is 11.9. The molecule has 112 valence electrons. The fourth-order valence-electron chi connectivity index (χ4n) is 2.93. The summed E-state index contributed by atoms with van der Waals surface area (Å²) in [5, 5.41) is 12.8. The Hall–Kier alpha value is -0.870. The molecule has 1 aliphatic carbocycles. The zero-order chi connectivity index (χ0) is 14.5. The fourth-order valence-corrected chi connectivity index (χ4v) is 3.91. The van der Waals surface area contributed by atoms with E-state index in [4.69, 9.17) is 0 Å². The van der Waals surface area contributed by atoms with Crippen LogP contribution in [0.3, 0.4) is 0 Å². The Morgan fingerprint density at radius 1 is 1.40 bits per heavy atom. The monoisotopic (exact) mass is 295 g/mol. The summed E-state index contributed by atoms with van der Waals surface area (Å²) in [6, 6.07) is 2.20. The molecule has 2 rings (SSSR count). The Morgan fingerprint density at radius 2 is 2.15 bits per heavy atom. The molecule has 1 amide bonds. The van der Waals surface area contributed by atoms with Crippen molar-refractivity contribution in [2.45, 2.75) is 70.9 Å². The van der Waals surface area contributed by atoms with E-state index in [0.717, 1.165) is 38.5 Å². The highest BCUT2D eigenvalue weighted by atomic mass is 32.1. The molecular weight excluding hydrogens is 270 g/mol. The van der Waals surface area contributed by atoms with Crippen molar-refractivity contribution in [2.24, 2.45) is 0 Å². The summed E-state index contributed by atoms with van der Waals surface area (Å²) in [7, 11) is 0. The van der Waals surface area contributed by atoms with Crippen molar-refractivity contribution in [3.63, 3.8) is 0 Å². The smallest absolute Gasteiger partial charge is 0.220 e. The third-order valence-corrected chi connectivity index (χ3v) is 5.08. The van der Waals surface area contributed by atoms with Gasteiger partial charge in [-0.3, -0.25) is 4.79 Å². The molecule has 0 spiro atoms. The van der Waals surface area contributed by atoms with E-state index in [1.807, 2.05) is 11.3 Å². The second kappa shape index (κ2) is 7.23. The van der Waals surface area contributed by atoms with Crippen molar-refractivity contribution in [1.29, 1.82) is 0 Å². The molecule has 4 heteroatoms. The number of thiophene rings is 1. The number of aliphatic hydroxyl groups excluding tert-OH is 1. The van der Waals surface area contributed by atoms with Crippen LogP contribution in [0.4, 0.5) is 0 Å². The summed E-state index contributed by atoms with van der Waals surface area (Å²) in [6.07, 6.45) is 5.96. The molecule has 0 bridgehead atoms. The zero-order valence-corrected chi connectivity index (χ0v) is 13.3.